The average molecular weight is 303 g/mol. The molecule has 1 unspecified atom stereocenters. The zero-order valence-electron chi connectivity index (χ0n) is 13.4. The number of nitrogens with zero attached hydrogens (tertiary/aromatic N) is 5. The zero-order chi connectivity index (χ0) is 15.9. The Morgan fingerprint density at radius 2 is 2.09 bits per heavy atom. The summed E-state index contributed by atoms with van der Waals surface area (Å²) in [5.41, 5.74) is 2.69. The standard InChI is InChI=1S/C15H21N5O2/c1-10-8-14(20-13(16-10)7-11(2)17-20)19-5-6-22-12(9-19)15(21)18(3)4/h7-8,12H,5-6,9H2,1-4H3. The number of carbonyl (C=O) groups excluding carboxylic acids is 1. The van der Waals surface area contributed by atoms with E-state index in [1.54, 1.807) is 19.0 Å². The van der Waals surface area contributed by atoms with E-state index >= 15 is 0 Å². The van der Waals surface area contributed by atoms with Gasteiger partial charge < -0.3 is 14.5 Å². The predicted molar refractivity (Wildman–Crippen MR) is 83.1 cm³/mol. The molecule has 0 aliphatic carbocycles. The van der Waals surface area contributed by atoms with Gasteiger partial charge in [0.1, 0.15) is 5.82 Å². The Labute approximate surface area is 129 Å². The van der Waals surface area contributed by atoms with Crippen LogP contribution in [0.1, 0.15) is 11.4 Å². The van der Waals surface area contributed by atoms with Crippen molar-refractivity contribution in [3.63, 3.8) is 0 Å². The van der Waals surface area contributed by atoms with Crippen molar-refractivity contribution in [3.05, 3.63) is 23.5 Å². The Morgan fingerprint density at radius 1 is 1.32 bits per heavy atom. The molecule has 0 saturated carbocycles. The molecule has 2 aromatic rings. The lowest BCUT2D eigenvalue weighted by Crippen LogP contribution is -2.50. The van der Waals surface area contributed by atoms with Crippen LogP contribution in [0.4, 0.5) is 5.82 Å². The largest absolute Gasteiger partial charge is 0.365 e. The fourth-order valence-electron chi connectivity index (χ4n) is 2.71. The highest BCUT2D eigenvalue weighted by molar-refractivity contribution is 5.81. The first-order valence-corrected chi connectivity index (χ1v) is 7.37. The molecule has 22 heavy (non-hydrogen) atoms. The van der Waals surface area contributed by atoms with E-state index in [-0.39, 0.29) is 5.91 Å². The summed E-state index contributed by atoms with van der Waals surface area (Å²) in [5.74, 6) is 0.943. The molecule has 3 heterocycles. The first-order chi connectivity index (χ1) is 10.5. The van der Waals surface area contributed by atoms with E-state index in [0.29, 0.717) is 13.2 Å². The third kappa shape index (κ3) is 2.64. The van der Waals surface area contributed by atoms with Crippen LogP contribution >= 0.6 is 0 Å². The molecule has 3 rings (SSSR count). The molecule has 1 amide bonds. The molecule has 1 atom stereocenters. The van der Waals surface area contributed by atoms with Crippen LogP contribution in [0.25, 0.3) is 5.65 Å². The van der Waals surface area contributed by atoms with Gasteiger partial charge in [-0.1, -0.05) is 0 Å². The lowest BCUT2D eigenvalue weighted by Gasteiger charge is -2.34. The summed E-state index contributed by atoms with van der Waals surface area (Å²) in [6, 6.07) is 3.96. The maximum absolute atomic E-state index is 12.1. The highest BCUT2D eigenvalue weighted by Gasteiger charge is 2.29. The van der Waals surface area contributed by atoms with E-state index in [4.69, 9.17) is 4.74 Å². The molecule has 1 aliphatic heterocycles. The summed E-state index contributed by atoms with van der Waals surface area (Å²) in [4.78, 5) is 20.4. The molecule has 1 fully saturated rings. The van der Waals surface area contributed by atoms with Crippen molar-refractivity contribution < 1.29 is 9.53 Å². The van der Waals surface area contributed by atoms with Crippen LogP contribution in [-0.2, 0) is 9.53 Å². The Balaban J connectivity index is 1.95. The second-order valence-electron chi connectivity index (χ2n) is 5.85. The van der Waals surface area contributed by atoms with Gasteiger partial charge in [0.25, 0.3) is 5.91 Å². The van der Waals surface area contributed by atoms with Gasteiger partial charge >= 0.3 is 0 Å². The van der Waals surface area contributed by atoms with Crippen molar-refractivity contribution in [3.8, 4) is 0 Å². The number of aryl methyl sites for hydroxylation is 2. The van der Waals surface area contributed by atoms with Crippen molar-refractivity contribution >= 4 is 17.4 Å². The summed E-state index contributed by atoms with van der Waals surface area (Å²) in [6.07, 6.45) is -0.441. The Kier molecular flexibility index (Phi) is 3.74. The fraction of sp³-hybridized carbons (Fsp3) is 0.533. The molecule has 0 N–H and O–H groups in total. The number of ether oxygens (including phenoxy) is 1. The van der Waals surface area contributed by atoms with Crippen LogP contribution in [0.5, 0.6) is 0 Å². The van der Waals surface area contributed by atoms with Gasteiger partial charge in [-0.05, 0) is 13.8 Å². The number of carbonyl (C=O) groups is 1. The molecule has 1 aliphatic rings. The third-order valence-corrected chi connectivity index (χ3v) is 3.77. The number of amides is 1. The van der Waals surface area contributed by atoms with Crippen LogP contribution < -0.4 is 4.90 Å². The number of fused-ring (bicyclic) bond motifs is 1. The number of hydrogen-bond acceptors (Lipinski definition) is 5. The number of morpholine rings is 1. The zero-order valence-corrected chi connectivity index (χ0v) is 13.4. The Hall–Kier alpha value is -2.15. The number of rotatable bonds is 2. The second-order valence-corrected chi connectivity index (χ2v) is 5.85. The van der Waals surface area contributed by atoms with Crippen LogP contribution in [0.2, 0.25) is 0 Å². The molecule has 0 bridgehead atoms. The number of aromatic nitrogens is 3. The van der Waals surface area contributed by atoms with Gasteiger partial charge in [-0.3, -0.25) is 4.79 Å². The summed E-state index contributed by atoms with van der Waals surface area (Å²) >= 11 is 0. The average Bonchev–Trinajstić information content (AvgIpc) is 2.85. The highest BCUT2D eigenvalue weighted by Crippen LogP contribution is 2.21. The van der Waals surface area contributed by atoms with Crippen LogP contribution in [0.3, 0.4) is 0 Å². The maximum Gasteiger partial charge on any atom is 0.253 e. The molecule has 0 radical (unpaired) electrons. The molecule has 7 heteroatoms. The minimum Gasteiger partial charge on any atom is -0.365 e. The van der Waals surface area contributed by atoms with Crippen LogP contribution in [0.15, 0.2) is 12.1 Å². The fourth-order valence-corrected chi connectivity index (χ4v) is 2.71. The van der Waals surface area contributed by atoms with E-state index in [1.807, 2.05) is 30.5 Å². The summed E-state index contributed by atoms with van der Waals surface area (Å²) in [6.45, 7) is 5.69. The van der Waals surface area contributed by atoms with Crippen LogP contribution in [0, 0.1) is 13.8 Å². The molecule has 118 valence electrons. The topological polar surface area (TPSA) is 63.0 Å². The van der Waals surface area contributed by atoms with Gasteiger partial charge in [-0.15, -0.1) is 0 Å². The molecule has 0 aromatic carbocycles. The number of likely N-dealkylation sites (N-methyl/N-ethyl adjacent to an activating group) is 1. The lowest BCUT2D eigenvalue weighted by molar-refractivity contribution is -0.141. The molecule has 2 aromatic heterocycles. The van der Waals surface area contributed by atoms with E-state index in [2.05, 4.69) is 15.0 Å². The number of anilines is 1. The van der Waals surface area contributed by atoms with E-state index < -0.39 is 6.10 Å². The van der Waals surface area contributed by atoms with E-state index in [9.17, 15) is 4.79 Å². The van der Waals surface area contributed by atoms with Crippen molar-refractivity contribution in [1.29, 1.82) is 0 Å². The molecule has 7 nitrogen and oxygen atoms in total. The first-order valence-electron chi connectivity index (χ1n) is 7.37. The summed E-state index contributed by atoms with van der Waals surface area (Å²) in [7, 11) is 3.49. The third-order valence-electron chi connectivity index (χ3n) is 3.77. The van der Waals surface area contributed by atoms with Crippen molar-refractivity contribution in [2.24, 2.45) is 0 Å². The number of hydrogen-bond donors (Lipinski definition) is 0. The monoisotopic (exact) mass is 303 g/mol. The summed E-state index contributed by atoms with van der Waals surface area (Å²) in [5, 5.41) is 4.51. The summed E-state index contributed by atoms with van der Waals surface area (Å²) < 4.78 is 7.46. The Morgan fingerprint density at radius 3 is 2.82 bits per heavy atom. The normalized spacial score (nSPS) is 18.7. The molecular formula is C15H21N5O2. The van der Waals surface area contributed by atoms with Gasteiger partial charge in [0.15, 0.2) is 11.8 Å². The molecule has 1 saturated heterocycles. The minimum atomic E-state index is -0.441. The van der Waals surface area contributed by atoms with Gasteiger partial charge in [-0.2, -0.15) is 9.61 Å². The Bertz CT molecular complexity index is 709. The van der Waals surface area contributed by atoms with Gasteiger partial charge in [0.2, 0.25) is 0 Å². The first kappa shape index (κ1) is 14.8. The van der Waals surface area contributed by atoms with Gasteiger partial charge in [0.05, 0.1) is 18.8 Å². The van der Waals surface area contributed by atoms with Crippen molar-refractivity contribution in [2.75, 3.05) is 38.7 Å². The maximum atomic E-state index is 12.1. The molecular weight excluding hydrogens is 282 g/mol. The minimum absolute atomic E-state index is 0.0108. The van der Waals surface area contributed by atoms with Gasteiger partial charge in [0, 0.05) is 38.5 Å². The second kappa shape index (κ2) is 5.57. The quantitative estimate of drug-likeness (QED) is 0.815. The van der Waals surface area contributed by atoms with Crippen molar-refractivity contribution in [1.82, 2.24) is 19.5 Å². The van der Waals surface area contributed by atoms with E-state index in [1.165, 1.54) is 0 Å². The SMILES string of the molecule is Cc1cc(N2CCOC(C(=O)N(C)C)C2)n2nc(C)cc2n1. The lowest BCUT2D eigenvalue weighted by atomic mass is 10.2. The predicted octanol–water partition coefficient (Wildman–Crippen LogP) is 0.640. The van der Waals surface area contributed by atoms with Crippen molar-refractivity contribution in [2.45, 2.75) is 20.0 Å². The smallest absolute Gasteiger partial charge is 0.253 e. The van der Waals surface area contributed by atoms with Crippen LogP contribution in [-0.4, -0.2) is 65.3 Å². The van der Waals surface area contributed by atoms with Gasteiger partial charge in [-0.25, -0.2) is 4.98 Å². The molecule has 0 spiro atoms. The van der Waals surface area contributed by atoms with E-state index in [0.717, 1.165) is 29.4 Å². The highest BCUT2D eigenvalue weighted by atomic mass is 16.5.